The molecule has 0 saturated carbocycles. The molecule has 0 atom stereocenters. The number of aromatic nitrogens is 2. The molecule has 1 N–H and O–H groups in total. The van der Waals surface area contributed by atoms with Crippen molar-refractivity contribution in [2.75, 3.05) is 19.4 Å². The Bertz CT molecular complexity index is 1210. The van der Waals surface area contributed by atoms with Crippen LogP contribution in [0.4, 0.5) is 5.69 Å². The number of nitrogens with one attached hydrogen (secondary N) is 1. The first-order chi connectivity index (χ1) is 14.8. The standard InChI is InChI=1S/C22H23ClN4O3S/c1-26(2)31(29,30)17-10-11-19(23)18(13-17)22(28)24-16-8-6-15(7-9-16)20-14-27-12-4-3-5-21(27)25-20/h6-11,13-14H,3-5,12H2,1-2H3,(H,24,28). The number of aryl methyl sites for hydroxylation is 2. The molecule has 1 amide bonds. The first-order valence-electron chi connectivity index (χ1n) is 9.95. The number of carbonyl (C=O) groups is 1. The minimum atomic E-state index is -3.67. The lowest BCUT2D eigenvalue weighted by Crippen LogP contribution is -2.23. The fraction of sp³-hybridized carbons (Fsp3) is 0.273. The maximum absolute atomic E-state index is 12.8. The second-order valence-electron chi connectivity index (χ2n) is 7.65. The first kappa shape index (κ1) is 21.5. The van der Waals surface area contributed by atoms with E-state index in [1.165, 1.54) is 45.1 Å². The third-order valence-corrected chi connectivity index (χ3v) is 7.45. The molecule has 162 valence electrons. The topological polar surface area (TPSA) is 84.3 Å². The normalized spacial score (nSPS) is 13.8. The molecular weight excluding hydrogens is 436 g/mol. The van der Waals surface area contributed by atoms with Crippen molar-refractivity contribution in [3.63, 3.8) is 0 Å². The van der Waals surface area contributed by atoms with Gasteiger partial charge in [-0.25, -0.2) is 17.7 Å². The third-order valence-electron chi connectivity index (χ3n) is 5.31. The fourth-order valence-electron chi connectivity index (χ4n) is 3.52. The van der Waals surface area contributed by atoms with E-state index in [0.29, 0.717) is 5.69 Å². The van der Waals surface area contributed by atoms with Gasteiger partial charge in [-0.2, -0.15) is 0 Å². The molecule has 0 radical (unpaired) electrons. The summed E-state index contributed by atoms with van der Waals surface area (Å²) in [7, 11) is -0.810. The van der Waals surface area contributed by atoms with E-state index in [1.54, 1.807) is 12.1 Å². The maximum Gasteiger partial charge on any atom is 0.257 e. The lowest BCUT2D eigenvalue weighted by molar-refractivity contribution is 0.102. The van der Waals surface area contributed by atoms with Crippen LogP contribution in [0, 0.1) is 0 Å². The SMILES string of the molecule is CN(C)S(=O)(=O)c1ccc(Cl)c(C(=O)Nc2ccc(-c3cn4c(n3)CCCC4)cc2)c1. The van der Waals surface area contributed by atoms with E-state index in [1.807, 2.05) is 12.1 Å². The highest BCUT2D eigenvalue weighted by Crippen LogP contribution is 2.26. The number of anilines is 1. The number of benzene rings is 2. The van der Waals surface area contributed by atoms with Crippen molar-refractivity contribution >= 4 is 33.2 Å². The molecule has 0 fully saturated rings. The Labute approximate surface area is 186 Å². The summed E-state index contributed by atoms with van der Waals surface area (Å²) in [4.78, 5) is 17.5. The number of hydrogen-bond acceptors (Lipinski definition) is 4. The summed E-state index contributed by atoms with van der Waals surface area (Å²) in [5.41, 5.74) is 2.56. The van der Waals surface area contributed by atoms with Gasteiger partial charge < -0.3 is 9.88 Å². The fourth-order valence-corrected chi connectivity index (χ4v) is 4.66. The number of amides is 1. The van der Waals surface area contributed by atoms with E-state index < -0.39 is 15.9 Å². The predicted octanol–water partition coefficient (Wildman–Crippen LogP) is 4.04. The van der Waals surface area contributed by atoms with Crippen LogP contribution in [0.3, 0.4) is 0 Å². The molecule has 2 heterocycles. The van der Waals surface area contributed by atoms with Crippen molar-refractivity contribution in [1.82, 2.24) is 13.9 Å². The van der Waals surface area contributed by atoms with Gasteiger partial charge in [0, 0.05) is 44.5 Å². The van der Waals surface area contributed by atoms with Crippen LogP contribution < -0.4 is 5.32 Å². The Morgan fingerprint density at radius 1 is 1.13 bits per heavy atom. The highest BCUT2D eigenvalue weighted by Gasteiger charge is 2.21. The van der Waals surface area contributed by atoms with Crippen LogP contribution in [0.1, 0.15) is 29.0 Å². The lowest BCUT2D eigenvalue weighted by Gasteiger charge is -2.13. The Balaban J connectivity index is 1.53. The van der Waals surface area contributed by atoms with Crippen molar-refractivity contribution in [2.24, 2.45) is 0 Å². The summed E-state index contributed by atoms with van der Waals surface area (Å²) in [6.07, 6.45) is 5.41. The number of fused-ring (bicyclic) bond motifs is 1. The number of carbonyl (C=O) groups excluding carboxylic acids is 1. The summed E-state index contributed by atoms with van der Waals surface area (Å²) < 4.78 is 28.0. The smallest absolute Gasteiger partial charge is 0.257 e. The van der Waals surface area contributed by atoms with E-state index in [4.69, 9.17) is 16.6 Å². The Morgan fingerprint density at radius 2 is 1.87 bits per heavy atom. The van der Waals surface area contributed by atoms with Crippen LogP contribution in [0.15, 0.2) is 53.6 Å². The van der Waals surface area contributed by atoms with Gasteiger partial charge in [0.15, 0.2) is 0 Å². The monoisotopic (exact) mass is 458 g/mol. The highest BCUT2D eigenvalue weighted by molar-refractivity contribution is 7.89. The molecule has 0 bridgehead atoms. The van der Waals surface area contributed by atoms with E-state index in [2.05, 4.69) is 16.1 Å². The quantitative estimate of drug-likeness (QED) is 0.625. The molecule has 9 heteroatoms. The number of nitrogens with zero attached hydrogens (tertiary/aromatic N) is 3. The summed E-state index contributed by atoms with van der Waals surface area (Å²) in [6, 6.07) is 11.5. The molecule has 1 aliphatic heterocycles. The molecule has 0 aliphatic carbocycles. The van der Waals surface area contributed by atoms with Crippen LogP contribution >= 0.6 is 11.6 Å². The summed E-state index contributed by atoms with van der Waals surface area (Å²) in [6.45, 7) is 1.000. The van der Waals surface area contributed by atoms with Gasteiger partial charge in [0.25, 0.3) is 5.91 Å². The van der Waals surface area contributed by atoms with Gasteiger partial charge >= 0.3 is 0 Å². The Morgan fingerprint density at radius 3 is 2.55 bits per heavy atom. The molecule has 1 aromatic heterocycles. The number of rotatable bonds is 5. The lowest BCUT2D eigenvalue weighted by atomic mass is 10.1. The average Bonchev–Trinajstić information content (AvgIpc) is 3.18. The van der Waals surface area contributed by atoms with Gasteiger partial charge in [0.2, 0.25) is 10.0 Å². The molecule has 0 spiro atoms. The minimum Gasteiger partial charge on any atom is -0.334 e. The second-order valence-corrected chi connectivity index (χ2v) is 10.2. The minimum absolute atomic E-state index is 0.00569. The van der Waals surface area contributed by atoms with Crippen LogP contribution in [-0.4, -0.2) is 42.3 Å². The molecule has 0 saturated heterocycles. The van der Waals surface area contributed by atoms with E-state index in [9.17, 15) is 13.2 Å². The zero-order valence-electron chi connectivity index (χ0n) is 17.3. The van der Waals surface area contributed by atoms with E-state index >= 15 is 0 Å². The van der Waals surface area contributed by atoms with Crippen LogP contribution in [-0.2, 0) is 23.0 Å². The maximum atomic E-state index is 12.8. The van der Waals surface area contributed by atoms with E-state index in [-0.39, 0.29) is 15.5 Å². The second kappa shape index (κ2) is 8.45. The van der Waals surface area contributed by atoms with Crippen molar-refractivity contribution in [3.05, 3.63) is 65.1 Å². The van der Waals surface area contributed by atoms with Gasteiger partial charge in [-0.05, 0) is 43.2 Å². The number of halogens is 1. The number of hydrogen-bond donors (Lipinski definition) is 1. The summed E-state index contributed by atoms with van der Waals surface area (Å²) in [5, 5.41) is 2.95. The molecule has 7 nitrogen and oxygen atoms in total. The van der Waals surface area contributed by atoms with Gasteiger partial charge in [-0.15, -0.1) is 0 Å². The van der Waals surface area contributed by atoms with Crippen LogP contribution in [0.5, 0.6) is 0 Å². The zero-order chi connectivity index (χ0) is 22.2. The molecule has 4 rings (SSSR count). The molecule has 0 unspecified atom stereocenters. The van der Waals surface area contributed by atoms with Crippen LogP contribution in [0.2, 0.25) is 5.02 Å². The first-order valence-corrected chi connectivity index (χ1v) is 11.8. The Kier molecular flexibility index (Phi) is 5.88. The molecule has 3 aromatic rings. The van der Waals surface area contributed by atoms with Crippen molar-refractivity contribution in [2.45, 2.75) is 30.7 Å². The molecule has 31 heavy (non-hydrogen) atoms. The van der Waals surface area contributed by atoms with Crippen molar-refractivity contribution in [1.29, 1.82) is 0 Å². The van der Waals surface area contributed by atoms with Gasteiger partial charge in [0.1, 0.15) is 5.82 Å². The predicted molar refractivity (Wildman–Crippen MR) is 121 cm³/mol. The van der Waals surface area contributed by atoms with Crippen molar-refractivity contribution in [3.8, 4) is 11.3 Å². The summed E-state index contributed by atoms with van der Waals surface area (Å²) in [5.74, 6) is 0.631. The van der Waals surface area contributed by atoms with Crippen molar-refractivity contribution < 1.29 is 13.2 Å². The van der Waals surface area contributed by atoms with Gasteiger partial charge in [0.05, 0.1) is 21.2 Å². The van der Waals surface area contributed by atoms with Gasteiger partial charge in [-0.3, -0.25) is 4.79 Å². The highest BCUT2D eigenvalue weighted by atomic mass is 35.5. The third kappa shape index (κ3) is 4.37. The Hall–Kier alpha value is -2.68. The molecular formula is C22H23ClN4O3S. The molecule has 1 aliphatic rings. The van der Waals surface area contributed by atoms with Crippen LogP contribution in [0.25, 0.3) is 11.3 Å². The van der Waals surface area contributed by atoms with Gasteiger partial charge in [-0.1, -0.05) is 23.7 Å². The number of sulfonamides is 1. The average molecular weight is 459 g/mol. The van der Waals surface area contributed by atoms with E-state index in [0.717, 1.165) is 34.4 Å². The molecule has 2 aromatic carbocycles. The summed E-state index contributed by atoms with van der Waals surface area (Å²) >= 11 is 6.16. The number of imidazole rings is 1. The largest absolute Gasteiger partial charge is 0.334 e. The zero-order valence-corrected chi connectivity index (χ0v) is 18.9.